The van der Waals surface area contributed by atoms with Gasteiger partial charge < -0.3 is 4.90 Å². The number of rotatable bonds is 2. The molecule has 0 aliphatic carbocycles. The summed E-state index contributed by atoms with van der Waals surface area (Å²) >= 11 is 6.78. The van der Waals surface area contributed by atoms with Gasteiger partial charge in [-0.3, -0.25) is 4.79 Å². The van der Waals surface area contributed by atoms with Crippen LogP contribution in [0.15, 0.2) is 27.1 Å². The molecule has 4 heteroatoms. The first-order valence-electron chi connectivity index (χ1n) is 5.40. The summed E-state index contributed by atoms with van der Waals surface area (Å²) in [5.74, 6) is 0.0434. The molecule has 0 saturated carbocycles. The SMILES string of the molecule is CN(CC(C)(C)C)C(=O)c1cc(Br)cc(Br)c1. The van der Waals surface area contributed by atoms with Crippen molar-refractivity contribution < 1.29 is 4.79 Å². The van der Waals surface area contributed by atoms with E-state index in [1.54, 1.807) is 4.90 Å². The quantitative estimate of drug-likeness (QED) is 0.766. The summed E-state index contributed by atoms with van der Waals surface area (Å²) in [5, 5.41) is 0. The summed E-state index contributed by atoms with van der Waals surface area (Å²) in [6.45, 7) is 7.09. The van der Waals surface area contributed by atoms with E-state index in [9.17, 15) is 4.79 Å². The highest BCUT2D eigenvalue weighted by atomic mass is 79.9. The number of hydrogen-bond acceptors (Lipinski definition) is 1. The Balaban J connectivity index is 2.89. The minimum atomic E-state index is 0.0434. The lowest BCUT2D eigenvalue weighted by Crippen LogP contribution is -2.34. The van der Waals surface area contributed by atoms with Gasteiger partial charge in [0.25, 0.3) is 5.91 Å². The zero-order chi connectivity index (χ0) is 13.2. The number of hydrogen-bond donors (Lipinski definition) is 0. The fourth-order valence-electron chi connectivity index (χ4n) is 1.68. The highest BCUT2D eigenvalue weighted by Crippen LogP contribution is 2.22. The zero-order valence-electron chi connectivity index (χ0n) is 10.6. The van der Waals surface area contributed by atoms with E-state index in [1.165, 1.54) is 0 Å². The maximum atomic E-state index is 12.2. The number of carbonyl (C=O) groups is 1. The third kappa shape index (κ3) is 4.80. The van der Waals surface area contributed by atoms with E-state index in [4.69, 9.17) is 0 Å². The third-order valence-electron chi connectivity index (χ3n) is 2.17. The average Bonchev–Trinajstić information content (AvgIpc) is 2.12. The van der Waals surface area contributed by atoms with Crippen LogP contribution < -0.4 is 0 Å². The van der Waals surface area contributed by atoms with E-state index >= 15 is 0 Å². The second-order valence-corrected chi connectivity index (χ2v) is 7.21. The summed E-state index contributed by atoms with van der Waals surface area (Å²) in [5.41, 5.74) is 0.797. The second-order valence-electron chi connectivity index (χ2n) is 5.38. The Hall–Kier alpha value is -0.350. The van der Waals surface area contributed by atoms with Crippen molar-refractivity contribution in [3.63, 3.8) is 0 Å². The molecule has 17 heavy (non-hydrogen) atoms. The van der Waals surface area contributed by atoms with Gasteiger partial charge in [-0.25, -0.2) is 0 Å². The molecule has 0 saturated heterocycles. The molecule has 0 unspecified atom stereocenters. The molecule has 2 nitrogen and oxygen atoms in total. The fourth-order valence-corrected chi connectivity index (χ4v) is 2.97. The van der Waals surface area contributed by atoms with Crippen LogP contribution in [0.5, 0.6) is 0 Å². The van der Waals surface area contributed by atoms with Crippen LogP contribution in [-0.2, 0) is 0 Å². The van der Waals surface area contributed by atoms with Crippen LogP contribution in [0.2, 0.25) is 0 Å². The van der Waals surface area contributed by atoms with Crippen molar-refractivity contribution in [3.8, 4) is 0 Å². The van der Waals surface area contributed by atoms with Gasteiger partial charge in [0.05, 0.1) is 0 Å². The van der Waals surface area contributed by atoms with Crippen molar-refractivity contribution in [2.24, 2.45) is 5.41 Å². The van der Waals surface area contributed by atoms with Crippen molar-refractivity contribution in [3.05, 3.63) is 32.7 Å². The number of halogens is 2. The lowest BCUT2D eigenvalue weighted by atomic mass is 9.96. The second kappa shape index (κ2) is 5.53. The molecule has 0 spiro atoms. The van der Waals surface area contributed by atoms with Crippen molar-refractivity contribution >= 4 is 37.8 Å². The Kier molecular flexibility index (Phi) is 4.78. The van der Waals surface area contributed by atoms with Crippen LogP contribution in [0, 0.1) is 5.41 Å². The van der Waals surface area contributed by atoms with Crippen LogP contribution in [0.4, 0.5) is 0 Å². The maximum Gasteiger partial charge on any atom is 0.253 e. The molecule has 0 N–H and O–H groups in total. The van der Waals surface area contributed by atoms with Crippen LogP contribution in [0.25, 0.3) is 0 Å². The number of benzene rings is 1. The molecule has 0 aliphatic heterocycles. The first kappa shape index (κ1) is 14.7. The first-order valence-corrected chi connectivity index (χ1v) is 6.99. The largest absolute Gasteiger partial charge is 0.341 e. The predicted molar refractivity (Wildman–Crippen MR) is 78.3 cm³/mol. The molecule has 1 aromatic rings. The van der Waals surface area contributed by atoms with E-state index in [0.717, 1.165) is 15.5 Å². The van der Waals surface area contributed by atoms with Gasteiger partial charge in [-0.1, -0.05) is 52.6 Å². The third-order valence-corrected chi connectivity index (χ3v) is 3.08. The van der Waals surface area contributed by atoms with Gasteiger partial charge in [-0.2, -0.15) is 0 Å². The van der Waals surface area contributed by atoms with Gasteiger partial charge >= 0.3 is 0 Å². The molecule has 0 aliphatic rings. The summed E-state index contributed by atoms with van der Waals surface area (Å²) in [6.07, 6.45) is 0. The topological polar surface area (TPSA) is 20.3 Å². The Morgan fingerprint density at radius 1 is 1.18 bits per heavy atom. The van der Waals surface area contributed by atoms with E-state index in [2.05, 4.69) is 52.6 Å². The van der Waals surface area contributed by atoms with Gasteiger partial charge in [0.15, 0.2) is 0 Å². The lowest BCUT2D eigenvalue weighted by molar-refractivity contribution is 0.0745. The van der Waals surface area contributed by atoms with Crippen molar-refractivity contribution in [2.75, 3.05) is 13.6 Å². The highest BCUT2D eigenvalue weighted by Gasteiger charge is 2.19. The first-order chi connectivity index (χ1) is 7.69. The molecule has 1 rings (SSSR count). The van der Waals surface area contributed by atoms with Crippen molar-refractivity contribution in [2.45, 2.75) is 20.8 Å². The molecule has 0 heterocycles. The molecule has 0 fully saturated rings. The molecular formula is C13H17Br2NO. The van der Waals surface area contributed by atoms with Crippen LogP contribution in [-0.4, -0.2) is 24.4 Å². The van der Waals surface area contributed by atoms with E-state index in [0.29, 0.717) is 5.56 Å². The van der Waals surface area contributed by atoms with Gasteiger partial charge in [-0.15, -0.1) is 0 Å². The molecule has 0 bridgehead atoms. The van der Waals surface area contributed by atoms with E-state index in [-0.39, 0.29) is 11.3 Å². The van der Waals surface area contributed by atoms with Gasteiger partial charge in [0, 0.05) is 28.1 Å². The molecule has 0 radical (unpaired) electrons. The summed E-state index contributed by atoms with van der Waals surface area (Å²) in [7, 11) is 1.84. The summed E-state index contributed by atoms with van der Waals surface area (Å²) in [4.78, 5) is 14.0. The summed E-state index contributed by atoms with van der Waals surface area (Å²) in [6, 6.07) is 5.60. The minimum Gasteiger partial charge on any atom is -0.341 e. The standard InChI is InChI=1S/C13H17Br2NO/c1-13(2,3)8-16(4)12(17)9-5-10(14)7-11(15)6-9/h5-7H,8H2,1-4H3. The van der Waals surface area contributed by atoms with E-state index < -0.39 is 0 Å². The highest BCUT2D eigenvalue weighted by molar-refractivity contribution is 9.11. The Morgan fingerprint density at radius 2 is 1.65 bits per heavy atom. The van der Waals surface area contributed by atoms with Gasteiger partial charge in [-0.05, 0) is 23.6 Å². The fraction of sp³-hybridized carbons (Fsp3) is 0.462. The molecule has 0 aromatic heterocycles. The molecule has 0 atom stereocenters. The van der Waals surface area contributed by atoms with E-state index in [1.807, 2.05) is 25.2 Å². The zero-order valence-corrected chi connectivity index (χ0v) is 13.7. The number of amides is 1. The predicted octanol–water partition coefficient (Wildman–Crippen LogP) is 4.33. The van der Waals surface area contributed by atoms with Crippen LogP contribution >= 0.6 is 31.9 Å². The number of carbonyl (C=O) groups excluding carboxylic acids is 1. The van der Waals surface area contributed by atoms with Gasteiger partial charge in [0.2, 0.25) is 0 Å². The average molecular weight is 363 g/mol. The van der Waals surface area contributed by atoms with Crippen LogP contribution in [0.1, 0.15) is 31.1 Å². The van der Waals surface area contributed by atoms with Crippen LogP contribution in [0.3, 0.4) is 0 Å². The van der Waals surface area contributed by atoms with Crippen molar-refractivity contribution in [1.29, 1.82) is 0 Å². The van der Waals surface area contributed by atoms with Gasteiger partial charge in [0.1, 0.15) is 0 Å². The Morgan fingerprint density at radius 3 is 2.06 bits per heavy atom. The molecule has 94 valence electrons. The summed E-state index contributed by atoms with van der Waals surface area (Å²) < 4.78 is 1.80. The molecular weight excluding hydrogens is 346 g/mol. The monoisotopic (exact) mass is 361 g/mol. The number of nitrogens with zero attached hydrogens (tertiary/aromatic N) is 1. The maximum absolute atomic E-state index is 12.2. The van der Waals surface area contributed by atoms with Crippen molar-refractivity contribution in [1.82, 2.24) is 4.90 Å². The Labute approximate surface area is 120 Å². The molecule has 1 amide bonds. The smallest absolute Gasteiger partial charge is 0.253 e. The minimum absolute atomic E-state index is 0.0434. The lowest BCUT2D eigenvalue weighted by Gasteiger charge is -2.26. The Bertz CT molecular complexity index is 404. The molecule has 1 aromatic carbocycles. The normalized spacial score (nSPS) is 11.4.